The van der Waals surface area contributed by atoms with Crippen molar-refractivity contribution in [1.29, 1.82) is 5.26 Å². The number of aromatic nitrogens is 1. The summed E-state index contributed by atoms with van der Waals surface area (Å²) in [4.78, 5) is 25.0. The molecule has 0 radical (unpaired) electrons. The number of ether oxygens (including phenoxy) is 2. The van der Waals surface area contributed by atoms with E-state index in [9.17, 15) is 14.9 Å². The highest BCUT2D eigenvalue weighted by atomic mass is 16.5. The van der Waals surface area contributed by atoms with Crippen molar-refractivity contribution in [1.82, 2.24) is 20.5 Å². The molecule has 1 aromatic heterocycles. The smallest absolute Gasteiger partial charge is 0.408 e. The molecule has 3 heterocycles. The average Bonchev–Trinajstić information content (AvgIpc) is 3.08. The maximum absolute atomic E-state index is 12.5. The molecule has 0 bridgehead atoms. The van der Waals surface area contributed by atoms with Crippen LogP contribution in [0.2, 0.25) is 0 Å². The van der Waals surface area contributed by atoms with Crippen molar-refractivity contribution in [2.45, 2.75) is 37.6 Å². The fraction of sp³-hybridized carbons (Fsp3) is 0.444. The summed E-state index contributed by atoms with van der Waals surface area (Å²) in [7, 11) is 0. The van der Waals surface area contributed by atoms with Crippen LogP contribution in [-0.2, 0) is 27.2 Å². The lowest BCUT2D eigenvalue weighted by Gasteiger charge is -2.23. The van der Waals surface area contributed by atoms with Gasteiger partial charge in [-0.2, -0.15) is 5.26 Å². The van der Waals surface area contributed by atoms with Crippen LogP contribution in [0.5, 0.6) is 0 Å². The van der Waals surface area contributed by atoms with Gasteiger partial charge in [0.05, 0.1) is 24.8 Å². The number of nitrogens with one attached hydrogen (secondary N) is 3. The second-order valence-corrected chi connectivity index (χ2v) is 9.40. The second-order valence-electron chi connectivity index (χ2n) is 9.40. The van der Waals surface area contributed by atoms with Crippen molar-refractivity contribution in [3.05, 3.63) is 58.6 Å². The van der Waals surface area contributed by atoms with Crippen molar-refractivity contribution >= 4 is 17.0 Å². The Morgan fingerprint density at radius 3 is 2.78 bits per heavy atom. The molecule has 1 amide bonds. The molecule has 2 aromatic carbocycles. The van der Waals surface area contributed by atoms with E-state index in [0.717, 1.165) is 41.7 Å². The molecule has 2 fully saturated rings. The number of fused-ring (bicyclic) bond motifs is 1. The summed E-state index contributed by atoms with van der Waals surface area (Å²) in [6, 6.07) is 15.1. The first-order chi connectivity index (χ1) is 18.1. The number of rotatable bonds is 7. The van der Waals surface area contributed by atoms with Gasteiger partial charge in [0.15, 0.2) is 5.58 Å². The van der Waals surface area contributed by atoms with Crippen LogP contribution in [-0.4, -0.2) is 68.1 Å². The topological polar surface area (TPSA) is 131 Å². The fourth-order valence-corrected chi connectivity index (χ4v) is 4.72. The second kappa shape index (κ2) is 11.7. The van der Waals surface area contributed by atoms with Crippen LogP contribution in [0.4, 0.5) is 0 Å². The number of amides is 1. The minimum absolute atomic E-state index is 0.0501. The number of hydrogen-bond acceptors (Lipinski definition) is 8. The zero-order valence-electron chi connectivity index (χ0n) is 20.6. The molecule has 2 aliphatic heterocycles. The minimum Gasteiger partial charge on any atom is -0.408 e. The molecule has 0 spiro atoms. The first-order valence-corrected chi connectivity index (χ1v) is 12.7. The SMILES string of the molecule is N#C[C@H](Cc1ccc(-c2ccc3oc(=O)n(C[C@H]4COCCN4)c3c2)cc1)NC(=O)[C@@H]1CNCCCO1. The maximum Gasteiger partial charge on any atom is 0.420 e. The Morgan fingerprint density at radius 1 is 1.16 bits per heavy atom. The molecule has 3 N–H and O–H groups in total. The molecule has 37 heavy (non-hydrogen) atoms. The summed E-state index contributed by atoms with van der Waals surface area (Å²) in [5.74, 6) is -0.656. The molecule has 0 unspecified atom stereocenters. The van der Waals surface area contributed by atoms with Crippen molar-refractivity contribution in [3.8, 4) is 17.2 Å². The third-order valence-corrected chi connectivity index (χ3v) is 6.71. The van der Waals surface area contributed by atoms with Gasteiger partial charge in [-0.05, 0) is 41.8 Å². The van der Waals surface area contributed by atoms with Crippen molar-refractivity contribution in [2.75, 3.05) is 39.5 Å². The van der Waals surface area contributed by atoms with E-state index in [1.807, 2.05) is 42.5 Å². The largest absolute Gasteiger partial charge is 0.420 e. The Labute approximate surface area is 214 Å². The summed E-state index contributed by atoms with van der Waals surface area (Å²) < 4.78 is 18.2. The van der Waals surface area contributed by atoms with E-state index in [1.165, 1.54) is 0 Å². The van der Waals surface area contributed by atoms with Crippen LogP contribution in [0.3, 0.4) is 0 Å². The Kier molecular flexibility index (Phi) is 7.96. The van der Waals surface area contributed by atoms with Crippen LogP contribution in [0.25, 0.3) is 22.2 Å². The Morgan fingerprint density at radius 2 is 2.00 bits per heavy atom. The number of benzene rings is 2. The first kappa shape index (κ1) is 25.2. The van der Waals surface area contributed by atoms with E-state index in [-0.39, 0.29) is 17.7 Å². The van der Waals surface area contributed by atoms with E-state index in [0.29, 0.717) is 44.9 Å². The Bertz CT molecular complexity index is 1310. The molecular weight excluding hydrogens is 474 g/mol. The molecule has 194 valence electrons. The normalized spacial score (nSPS) is 21.2. The lowest BCUT2D eigenvalue weighted by Crippen LogP contribution is -2.46. The first-order valence-electron chi connectivity index (χ1n) is 12.7. The molecular formula is C27H31N5O5. The van der Waals surface area contributed by atoms with E-state index in [2.05, 4.69) is 22.0 Å². The van der Waals surface area contributed by atoms with Gasteiger partial charge >= 0.3 is 5.76 Å². The molecule has 10 heteroatoms. The minimum atomic E-state index is -0.653. The number of oxazole rings is 1. The van der Waals surface area contributed by atoms with Crippen molar-refractivity contribution in [3.63, 3.8) is 0 Å². The molecule has 2 saturated heterocycles. The average molecular weight is 506 g/mol. The van der Waals surface area contributed by atoms with Crippen molar-refractivity contribution < 1.29 is 18.7 Å². The van der Waals surface area contributed by atoms with Gasteiger partial charge in [-0.15, -0.1) is 0 Å². The maximum atomic E-state index is 12.5. The number of nitrogens with zero attached hydrogens (tertiary/aromatic N) is 2. The highest BCUT2D eigenvalue weighted by Gasteiger charge is 2.23. The number of carbonyl (C=O) groups excluding carboxylic acids is 1. The van der Waals surface area contributed by atoms with Crippen LogP contribution >= 0.6 is 0 Å². The van der Waals surface area contributed by atoms with Crippen LogP contribution < -0.4 is 21.7 Å². The molecule has 3 aromatic rings. The van der Waals surface area contributed by atoms with Gasteiger partial charge in [-0.1, -0.05) is 30.3 Å². The van der Waals surface area contributed by atoms with Gasteiger partial charge in [0.1, 0.15) is 12.1 Å². The quantitative estimate of drug-likeness (QED) is 0.436. The van der Waals surface area contributed by atoms with E-state index < -0.39 is 12.1 Å². The van der Waals surface area contributed by atoms with Gasteiger partial charge in [-0.25, -0.2) is 4.79 Å². The lowest BCUT2D eigenvalue weighted by atomic mass is 10.0. The third-order valence-electron chi connectivity index (χ3n) is 6.71. The number of carbonyl (C=O) groups is 1. The zero-order chi connectivity index (χ0) is 25.6. The zero-order valence-corrected chi connectivity index (χ0v) is 20.6. The van der Waals surface area contributed by atoms with Crippen LogP contribution in [0, 0.1) is 11.3 Å². The van der Waals surface area contributed by atoms with Crippen LogP contribution in [0.1, 0.15) is 12.0 Å². The molecule has 10 nitrogen and oxygen atoms in total. The fourth-order valence-electron chi connectivity index (χ4n) is 4.72. The van der Waals surface area contributed by atoms with Gasteiger partial charge in [0.25, 0.3) is 5.91 Å². The predicted octanol–water partition coefficient (Wildman–Crippen LogP) is 1.18. The molecule has 3 atom stereocenters. The van der Waals surface area contributed by atoms with Gasteiger partial charge in [-0.3, -0.25) is 9.36 Å². The third kappa shape index (κ3) is 6.09. The van der Waals surface area contributed by atoms with Gasteiger partial charge in [0.2, 0.25) is 0 Å². The Hall–Kier alpha value is -3.49. The lowest BCUT2D eigenvalue weighted by molar-refractivity contribution is -0.132. The predicted molar refractivity (Wildman–Crippen MR) is 137 cm³/mol. The molecule has 0 aliphatic carbocycles. The van der Waals surface area contributed by atoms with E-state index in [1.54, 1.807) is 4.57 Å². The van der Waals surface area contributed by atoms with Crippen molar-refractivity contribution in [2.24, 2.45) is 0 Å². The summed E-state index contributed by atoms with van der Waals surface area (Å²) in [6.45, 7) is 4.23. The molecule has 2 aliphatic rings. The number of morpholine rings is 1. The van der Waals surface area contributed by atoms with E-state index in [4.69, 9.17) is 13.9 Å². The highest BCUT2D eigenvalue weighted by molar-refractivity contribution is 5.82. The van der Waals surface area contributed by atoms with Crippen LogP contribution in [0.15, 0.2) is 51.7 Å². The number of hydrogen-bond donors (Lipinski definition) is 3. The Balaban J connectivity index is 1.27. The molecule has 0 saturated carbocycles. The standard InChI is InChI=1S/C27H31N5O5/c28-14-21(31-26(33)25-15-29-8-1-10-36-25)12-18-2-4-19(5-3-18)20-6-7-24-23(13-20)32(27(34)37-24)16-22-17-35-11-9-30-22/h2-7,13,21-22,25,29-30H,1,8-12,15-17H2,(H,31,33)/t21-,22-,25-/m0/s1. The summed E-state index contributed by atoms with van der Waals surface area (Å²) in [5, 5.41) is 18.9. The molecule has 5 rings (SSSR count). The van der Waals surface area contributed by atoms with Gasteiger partial charge < -0.3 is 29.8 Å². The monoisotopic (exact) mass is 505 g/mol. The summed E-state index contributed by atoms with van der Waals surface area (Å²) >= 11 is 0. The summed E-state index contributed by atoms with van der Waals surface area (Å²) in [5.41, 5.74) is 4.13. The highest BCUT2D eigenvalue weighted by Crippen LogP contribution is 2.25. The summed E-state index contributed by atoms with van der Waals surface area (Å²) in [6.07, 6.45) is 0.660. The van der Waals surface area contributed by atoms with Gasteiger partial charge in [0, 0.05) is 38.7 Å². The van der Waals surface area contributed by atoms with E-state index >= 15 is 0 Å². The number of nitriles is 1.